The number of halogens is 6. The van der Waals surface area contributed by atoms with Gasteiger partial charge in [0.1, 0.15) is 0 Å². The summed E-state index contributed by atoms with van der Waals surface area (Å²) in [7, 11) is 0. The lowest BCUT2D eigenvalue weighted by Gasteiger charge is -2.42. The highest BCUT2D eigenvalue weighted by molar-refractivity contribution is 5.38. The summed E-state index contributed by atoms with van der Waals surface area (Å²) in [6.45, 7) is 5.77. The highest BCUT2D eigenvalue weighted by atomic mass is 19.4. The number of alkyl halides is 6. The van der Waals surface area contributed by atoms with Crippen molar-refractivity contribution in [2.45, 2.75) is 64.7 Å². The molecule has 0 aromatic heterocycles. The van der Waals surface area contributed by atoms with Crippen molar-refractivity contribution < 1.29 is 26.3 Å². The van der Waals surface area contributed by atoms with Crippen molar-refractivity contribution >= 4 is 0 Å². The van der Waals surface area contributed by atoms with E-state index in [1.807, 2.05) is 32.9 Å². The van der Waals surface area contributed by atoms with Crippen LogP contribution in [-0.2, 0) is 0 Å². The van der Waals surface area contributed by atoms with Crippen LogP contribution in [0.2, 0.25) is 0 Å². The Morgan fingerprint density at radius 2 is 1.22 bits per heavy atom. The van der Waals surface area contributed by atoms with Gasteiger partial charge in [0.05, 0.1) is 0 Å². The molecule has 0 heterocycles. The van der Waals surface area contributed by atoms with Gasteiger partial charge in [-0.3, -0.25) is 0 Å². The van der Waals surface area contributed by atoms with Crippen molar-refractivity contribution in [3.8, 4) is 0 Å². The zero-order valence-corrected chi connectivity index (χ0v) is 13.3. The second-order valence-electron chi connectivity index (χ2n) is 6.63. The summed E-state index contributed by atoms with van der Waals surface area (Å²) in [4.78, 5) is 0. The van der Waals surface area contributed by atoms with Gasteiger partial charge in [0.15, 0.2) is 5.41 Å². The standard InChI is InChI=1S/C17H20F6/c1-10-8-14(9-11(2)12(10)3)13-4-6-15(7-5-13,16(18,19)20)17(21,22)23/h8-9,13H,4-7H2,1-3H3. The number of hydrogen-bond acceptors (Lipinski definition) is 0. The average molecular weight is 338 g/mol. The first-order chi connectivity index (χ1) is 10.4. The van der Waals surface area contributed by atoms with Crippen molar-refractivity contribution in [2.75, 3.05) is 0 Å². The molecule has 0 amide bonds. The SMILES string of the molecule is Cc1cc(C2CCC(C(F)(F)F)(C(F)(F)F)CC2)cc(C)c1C. The molecule has 0 unspecified atom stereocenters. The topological polar surface area (TPSA) is 0 Å². The molecule has 0 radical (unpaired) electrons. The molecule has 0 nitrogen and oxygen atoms in total. The van der Waals surface area contributed by atoms with E-state index in [2.05, 4.69) is 0 Å². The lowest BCUT2D eigenvalue weighted by atomic mass is 9.67. The Kier molecular flexibility index (Phi) is 4.50. The Balaban J connectivity index is 2.27. The van der Waals surface area contributed by atoms with E-state index in [9.17, 15) is 26.3 Å². The molecule has 1 aromatic carbocycles. The molecule has 23 heavy (non-hydrogen) atoms. The first-order valence-electron chi connectivity index (χ1n) is 7.60. The first kappa shape index (κ1) is 18.1. The highest BCUT2D eigenvalue weighted by Gasteiger charge is 2.70. The predicted octanol–water partition coefficient (Wildman–Crippen LogP) is 6.38. The molecule has 0 atom stereocenters. The second kappa shape index (κ2) is 5.71. The fraction of sp³-hybridized carbons (Fsp3) is 0.647. The van der Waals surface area contributed by atoms with Crippen LogP contribution in [0.15, 0.2) is 12.1 Å². The van der Waals surface area contributed by atoms with Gasteiger partial charge in [0.2, 0.25) is 0 Å². The van der Waals surface area contributed by atoms with Gasteiger partial charge < -0.3 is 0 Å². The van der Waals surface area contributed by atoms with Gasteiger partial charge in [0.25, 0.3) is 0 Å². The highest BCUT2D eigenvalue weighted by Crippen LogP contribution is 2.60. The van der Waals surface area contributed by atoms with E-state index in [0.717, 1.165) is 22.3 Å². The first-order valence-corrected chi connectivity index (χ1v) is 7.60. The van der Waals surface area contributed by atoms with Gasteiger partial charge in [0, 0.05) is 0 Å². The summed E-state index contributed by atoms with van der Waals surface area (Å²) in [6, 6.07) is 3.78. The lowest BCUT2D eigenvalue weighted by molar-refractivity contribution is -0.350. The zero-order chi connectivity index (χ0) is 17.6. The molecule has 0 spiro atoms. The monoisotopic (exact) mass is 338 g/mol. The number of rotatable bonds is 1. The van der Waals surface area contributed by atoms with E-state index in [4.69, 9.17) is 0 Å². The smallest absolute Gasteiger partial charge is 0.170 e. The van der Waals surface area contributed by atoms with Crippen molar-refractivity contribution in [2.24, 2.45) is 5.41 Å². The van der Waals surface area contributed by atoms with E-state index < -0.39 is 30.6 Å². The molecule has 1 saturated carbocycles. The largest absolute Gasteiger partial charge is 0.403 e. The van der Waals surface area contributed by atoms with Crippen molar-refractivity contribution in [1.82, 2.24) is 0 Å². The molecular weight excluding hydrogens is 318 g/mol. The summed E-state index contributed by atoms with van der Waals surface area (Å²) in [6.07, 6.45) is -12.5. The maximum atomic E-state index is 13.1. The van der Waals surface area contributed by atoms with Crippen LogP contribution in [0.3, 0.4) is 0 Å². The molecule has 1 fully saturated rings. The zero-order valence-electron chi connectivity index (χ0n) is 13.3. The normalized spacial score (nSPS) is 19.9. The third kappa shape index (κ3) is 3.09. The van der Waals surface area contributed by atoms with Crippen LogP contribution in [-0.4, -0.2) is 12.4 Å². The molecule has 0 saturated heterocycles. The van der Waals surface area contributed by atoms with E-state index >= 15 is 0 Å². The molecule has 0 N–H and O–H groups in total. The van der Waals surface area contributed by atoms with Crippen molar-refractivity contribution in [3.05, 3.63) is 34.4 Å². The fourth-order valence-electron chi connectivity index (χ4n) is 3.48. The van der Waals surface area contributed by atoms with Gasteiger partial charge in [-0.05, 0) is 74.6 Å². The van der Waals surface area contributed by atoms with Crippen LogP contribution in [0.5, 0.6) is 0 Å². The quantitative estimate of drug-likeness (QED) is 0.521. The van der Waals surface area contributed by atoms with Crippen LogP contribution >= 0.6 is 0 Å². The van der Waals surface area contributed by atoms with Gasteiger partial charge in [-0.1, -0.05) is 12.1 Å². The van der Waals surface area contributed by atoms with Gasteiger partial charge in [-0.2, -0.15) is 26.3 Å². The van der Waals surface area contributed by atoms with Crippen LogP contribution in [0.1, 0.15) is 53.9 Å². The number of hydrogen-bond donors (Lipinski definition) is 0. The molecule has 130 valence electrons. The van der Waals surface area contributed by atoms with Crippen LogP contribution < -0.4 is 0 Å². The van der Waals surface area contributed by atoms with E-state index in [1.54, 1.807) is 0 Å². The molecular formula is C17H20F6. The lowest BCUT2D eigenvalue weighted by Crippen LogP contribution is -2.51. The van der Waals surface area contributed by atoms with Crippen LogP contribution in [0, 0.1) is 26.2 Å². The van der Waals surface area contributed by atoms with Gasteiger partial charge in [-0.25, -0.2) is 0 Å². The number of benzene rings is 1. The summed E-state index contributed by atoms with van der Waals surface area (Å²) in [5, 5.41) is 0. The van der Waals surface area contributed by atoms with Crippen LogP contribution in [0.4, 0.5) is 26.3 Å². The molecule has 1 aliphatic rings. The predicted molar refractivity (Wildman–Crippen MR) is 76.4 cm³/mol. The maximum Gasteiger partial charge on any atom is 0.403 e. The van der Waals surface area contributed by atoms with E-state index in [0.29, 0.717) is 0 Å². The third-order valence-corrected chi connectivity index (χ3v) is 5.35. The molecule has 2 rings (SSSR count). The summed E-state index contributed by atoms with van der Waals surface area (Å²) in [5.74, 6) is -0.245. The van der Waals surface area contributed by atoms with Crippen LogP contribution in [0.25, 0.3) is 0 Å². The van der Waals surface area contributed by atoms with Gasteiger partial charge in [-0.15, -0.1) is 0 Å². The Morgan fingerprint density at radius 1 is 0.826 bits per heavy atom. The van der Waals surface area contributed by atoms with Crippen molar-refractivity contribution in [1.29, 1.82) is 0 Å². The molecule has 0 aliphatic heterocycles. The Bertz CT molecular complexity index is 535. The van der Waals surface area contributed by atoms with Crippen molar-refractivity contribution in [3.63, 3.8) is 0 Å². The Labute approximate surface area is 131 Å². The molecule has 1 aliphatic carbocycles. The molecule has 0 bridgehead atoms. The van der Waals surface area contributed by atoms with E-state index in [1.165, 1.54) is 0 Å². The summed E-state index contributed by atoms with van der Waals surface area (Å²) >= 11 is 0. The third-order valence-electron chi connectivity index (χ3n) is 5.35. The Morgan fingerprint density at radius 3 is 1.57 bits per heavy atom. The van der Waals surface area contributed by atoms with E-state index in [-0.39, 0.29) is 18.8 Å². The average Bonchev–Trinajstić information content (AvgIpc) is 2.42. The minimum atomic E-state index is -5.25. The number of aryl methyl sites for hydroxylation is 2. The van der Waals surface area contributed by atoms with Gasteiger partial charge >= 0.3 is 12.4 Å². The maximum absolute atomic E-state index is 13.1. The Hall–Kier alpha value is -1.20. The fourth-order valence-corrected chi connectivity index (χ4v) is 3.48. The second-order valence-corrected chi connectivity index (χ2v) is 6.63. The minimum absolute atomic E-state index is 0.0963. The summed E-state index contributed by atoms with van der Waals surface area (Å²) in [5.41, 5.74) is 0.436. The minimum Gasteiger partial charge on any atom is -0.170 e. The summed E-state index contributed by atoms with van der Waals surface area (Å²) < 4.78 is 78.5. The molecule has 6 heteroatoms. The molecule has 1 aromatic rings.